The Hall–Kier alpha value is -2.66. The van der Waals surface area contributed by atoms with Crippen LogP contribution in [0, 0.1) is 20.8 Å². The van der Waals surface area contributed by atoms with E-state index in [2.05, 4.69) is 11.9 Å². The van der Waals surface area contributed by atoms with Crippen LogP contribution in [0.5, 0.6) is 5.75 Å². The molecule has 0 fully saturated rings. The summed E-state index contributed by atoms with van der Waals surface area (Å²) in [5.74, 6) is 0.614. The van der Waals surface area contributed by atoms with Crippen LogP contribution in [0.15, 0.2) is 41.4 Å². The molecule has 0 aliphatic carbocycles. The molecule has 0 amide bonds. The van der Waals surface area contributed by atoms with Crippen molar-refractivity contribution < 1.29 is 9.53 Å². The highest BCUT2D eigenvalue weighted by Gasteiger charge is 2.26. The van der Waals surface area contributed by atoms with Crippen LogP contribution >= 0.6 is 0 Å². The zero-order valence-electron chi connectivity index (χ0n) is 18.0. The highest BCUT2D eigenvalue weighted by Crippen LogP contribution is 2.25. The molecule has 1 unspecified atom stereocenters. The Bertz CT molecular complexity index is 842. The maximum Gasteiger partial charge on any atom is 0.218 e. The molecule has 5 nitrogen and oxygen atoms in total. The van der Waals surface area contributed by atoms with Gasteiger partial charge in [0.1, 0.15) is 5.75 Å². The summed E-state index contributed by atoms with van der Waals surface area (Å²) in [6.07, 6.45) is 1.12. The predicted octanol–water partition coefficient (Wildman–Crippen LogP) is 4.37. The maximum atomic E-state index is 13.2. The third kappa shape index (κ3) is 5.42. The molecule has 0 saturated heterocycles. The summed E-state index contributed by atoms with van der Waals surface area (Å²) in [6.45, 7) is 8.89. The Kier molecular flexibility index (Phi) is 7.35. The molecule has 150 valence electrons. The molecule has 0 N–H and O–H groups in total. The van der Waals surface area contributed by atoms with Gasteiger partial charge >= 0.3 is 0 Å². The molecule has 0 saturated carbocycles. The van der Waals surface area contributed by atoms with E-state index in [4.69, 9.17) is 4.74 Å². The van der Waals surface area contributed by atoms with Crippen molar-refractivity contribution in [3.05, 3.63) is 58.7 Å². The molecule has 2 rings (SSSR count). The lowest BCUT2D eigenvalue weighted by Crippen LogP contribution is -2.41. The highest BCUT2D eigenvalue weighted by molar-refractivity contribution is 6.01. The van der Waals surface area contributed by atoms with Gasteiger partial charge in [-0.1, -0.05) is 17.7 Å². The van der Waals surface area contributed by atoms with E-state index >= 15 is 0 Å². The van der Waals surface area contributed by atoms with Crippen molar-refractivity contribution in [2.75, 3.05) is 27.7 Å². The van der Waals surface area contributed by atoms with Gasteiger partial charge in [0.15, 0.2) is 0 Å². The van der Waals surface area contributed by atoms with E-state index in [1.807, 2.05) is 89.6 Å². The number of hydrogen-bond acceptors (Lipinski definition) is 4. The van der Waals surface area contributed by atoms with Crippen LogP contribution in [0.2, 0.25) is 0 Å². The largest absolute Gasteiger partial charge is 0.467 e. The maximum absolute atomic E-state index is 13.2. The second-order valence-electron chi connectivity index (χ2n) is 7.38. The van der Waals surface area contributed by atoms with Gasteiger partial charge in [0.05, 0.1) is 12.0 Å². The molecule has 0 aliphatic rings. The molecule has 0 bridgehead atoms. The first kappa shape index (κ1) is 21.6. The highest BCUT2D eigenvalue weighted by atomic mass is 16.5. The molecule has 0 heterocycles. The number of carbonyl (C=O) groups excluding carboxylic acids is 1. The number of ether oxygens (including phenoxy) is 1. The monoisotopic (exact) mass is 381 g/mol. The molecule has 0 spiro atoms. The molecule has 0 aromatic heterocycles. The van der Waals surface area contributed by atoms with Crippen LogP contribution < -0.4 is 4.74 Å². The van der Waals surface area contributed by atoms with E-state index in [1.54, 1.807) is 4.90 Å². The summed E-state index contributed by atoms with van der Waals surface area (Å²) in [5.41, 5.74) is 4.53. The SMILES string of the molecule is CCN(C)C=Nc1cc(C)c(C(=O)C(Oc2ccc(C)cc2)N(C)C)cc1C. The van der Waals surface area contributed by atoms with Gasteiger partial charge in [-0.15, -0.1) is 0 Å². The quantitative estimate of drug-likeness (QED) is 0.295. The summed E-state index contributed by atoms with van der Waals surface area (Å²) in [6, 6.07) is 11.6. The van der Waals surface area contributed by atoms with Crippen LogP contribution in [0.1, 0.15) is 34.0 Å². The Morgan fingerprint density at radius 1 is 1.07 bits per heavy atom. The first-order valence-electron chi connectivity index (χ1n) is 9.52. The minimum Gasteiger partial charge on any atom is -0.467 e. The van der Waals surface area contributed by atoms with Crippen LogP contribution in [0.3, 0.4) is 0 Å². The first-order valence-corrected chi connectivity index (χ1v) is 9.52. The fraction of sp³-hybridized carbons (Fsp3) is 0.391. The number of aryl methyl sites for hydroxylation is 3. The Balaban J connectivity index is 2.30. The van der Waals surface area contributed by atoms with E-state index in [9.17, 15) is 4.79 Å². The molecule has 28 heavy (non-hydrogen) atoms. The number of rotatable bonds is 8. The van der Waals surface area contributed by atoms with Gasteiger partial charge in [-0.2, -0.15) is 0 Å². The molecule has 1 atom stereocenters. The fourth-order valence-electron chi connectivity index (χ4n) is 2.72. The van der Waals surface area contributed by atoms with Crippen molar-refractivity contribution in [2.45, 2.75) is 33.9 Å². The smallest absolute Gasteiger partial charge is 0.218 e. The number of carbonyl (C=O) groups is 1. The summed E-state index contributed by atoms with van der Waals surface area (Å²) in [7, 11) is 5.67. The number of hydrogen-bond donors (Lipinski definition) is 0. The Morgan fingerprint density at radius 2 is 1.71 bits per heavy atom. The van der Waals surface area contributed by atoms with E-state index in [0.29, 0.717) is 11.3 Å². The van der Waals surface area contributed by atoms with Crippen LogP contribution in [-0.4, -0.2) is 55.8 Å². The van der Waals surface area contributed by atoms with Crippen molar-refractivity contribution in [2.24, 2.45) is 4.99 Å². The van der Waals surface area contributed by atoms with Crippen molar-refractivity contribution in [3.8, 4) is 5.75 Å². The molecule has 0 radical (unpaired) electrons. The lowest BCUT2D eigenvalue weighted by atomic mass is 9.99. The average Bonchev–Trinajstić information content (AvgIpc) is 2.66. The van der Waals surface area contributed by atoms with Gasteiger partial charge in [0.25, 0.3) is 0 Å². The standard InChI is InChI=1S/C23H31N3O2/c1-8-26(7)15-24-21-14-17(3)20(13-18(21)4)22(27)23(25(5)6)28-19-11-9-16(2)10-12-19/h9-15,23H,8H2,1-7H3. The fourth-order valence-corrected chi connectivity index (χ4v) is 2.72. The normalized spacial score (nSPS) is 12.4. The number of likely N-dealkylation sites (N-methyl/N-ethyl adjacent to an activating group) is 1. The third-order valence-corrected chi connectivity index (χ3v) is 4.66. The molecular weight excluding hydrogens is 350 g/mol. The number of aliphatic imine (C=N–C) groups is 1. The van der Waals surface area contributed by atoms with Gasteiger partial charge in [0.2, 0.25) is 12.0 Å². The van der Waals surface area contributed by atoms with Gasteiger partial charge in [-0.05, 0) is 77.2 Å². The number of Topliss-reactive ketones (excluding diaryl/α,β-unsaturated/α-hetero) is 1. The molecule has 2 aromatic rings. The molecule has 0 aliphatic heterocycles. The Morgan fingerprint density at radius 3 is 2.29 bits per heavy atom. The summed E-state index contributed by atoms with van der Waals surface area (Å²) in [5, 5.41) is 0. The van der Waals surface area contributed by atoms with Crippen molar-refractivity contribution >= 4 is 17.8 Å². The van der Waals surface area contributed by atoms with Gasteiger partial charge in [-0.25, -0.2) is 4.99 Å². The lowest BCUT2D eigenvalue weighted by Gasteiger charge is -2.25. The minimum atomic E-state index is -0.693. The van der Waals surface area contributed by atoms with Gasteiger partial charge in [0, 0.05) is 19.2 Å². The summed E-state index contributed by atoms with van der Waals surface area (Å²) < 4.78 is 6.01. The van der Waals surface area contributed by atoms with Gasteiger partial charge in [-0.3, -0.25) is 9.69 Å². The van der Waals surface area contributed by atoms with Crippen molar-refractivity contribution in [1.29, 1.82) is 0 Å². The second kappa shape index (κ2) is 9.51. The summed E-state index contributed by atoms with van der Waals surface area (Å²) >= 11 is 0. The molecule has 2 aromatic carbocycles. The van der Waals surface area contributed by atoms with Crippen LogP contribution in [0.4, 0.5) is 5.69 Å². The summed E-state index contributed by atoms with van der Waals surface area (Å²) in [4.78, 5) is 21.6. The Labute approximate surface area is 168 Å². The zero-order valence-corrected chi connectivity index (χ0v) is 18.0. The van der Waals surface area contributed by atoms with E-state index in [-0.39, 0.29) is 5.78 Å². The van der Waals surface area contributed by atoms with Crippen LogP contribution in [-0.2, 0) is 0 Å². The number of ketones is 1. The second-order valence-corrected chi connectivity index (χ2v) is 7.38. The van der Waals surface area contributed by atoms with Gasteiger partial charge < -0.3 is 9.64 Å². The van der Waals surface area contributed by atoms with Crippen molar-refractivity contribution in [1.82, 2.24) is 9.80 Å². The van der Waals surface area contributed by atoms with Crippen LogP contribution in [0.25, 0.3) is 0 Å². The van der Waals surface area contributed by atoms with Crippen molar-refractivity contribution in [3.63, 3.8) is 0 Å². The average molecular weight is 382 g/mol. The predicted molar refractivity (Wildman–Crippen MR) is 116 cm³/mol. The zero-order chi connectivity index (χ0) is 20.8. The lowest BCUT2D eigenvalue weighted by molar-refractivity contribution is 0.0446. The molecular formula is C23H31N3O2. The minimum absolute atomic E-state index is 0.0626. The van der Waals surface area contributed by atoms with E-state index in [1.165, 1.54) is 0 Å². The molecule has 5 heteroatoms. The van der Waals surface area contributed by atoms with E-state index in [0.717, 1.165) is 28.9 Å². The third-order valence-electron chi connectivity index (χ3n) is 4.66. The van der Waals surface area contributed by atoms with E-state index < -0.39 is 6.23 Å². The number of benzene rings is 2. The topological polar surface area (TPSA) is 45.1 Å². The number of nitrogens with zero attached hydrogens (tertiary/aromatic N) is 3. The first-order chi connectivity index (χ1) is 13.2.